The lowest BCUT2D eigenvalue weighted by atomic mass is 10.1. The third-order valence-corrected chi connectivity index (χ3v) is 4.72. The molecule has 0 aliphatic heterocycles. The Kier molecular flexibility index (Phi) is 6.52. The molecule has 2 aromatic carbocycles. The number of rotatable bonds is 7. The fourth-order valence-corrected chi connectivity index (χ4v) is 3.24. The number of benzene rings is 2. The molecule has 1 aromatic heterocycles. The first-order chi connectivity index (χ1) is 14.5. The van der Waals surface area contributed by atoms with E-state index in [1.807, 2.05) is 13.0 Å². The molecule has 0 bridgehead atoms. The van der Waals surface area contributed by atoms with Gasteiger partial charge in [0.15, 0.2) is 5.13 Å². The van der Waals surface area contributed by atoms with Crippen LogP contribution in [0.15, 0.2) is 59.5 Å². The van der Waals surface area contributed by atoms with E-state index in [0.717, 1.165) is 0 Å². The zero-order valence-corrected chi connectivity index (χ0v) is 16.7. The molecule has 0 aliphatic rings. The molecule has 8 nitrogen and oxygen atoms in total. The minimum absolute atomic E-state index is 0.0133. The van der Waals surface area contributed by atoms with Crippen molar-refractivity contribution in [2.75, 3.05) is 11.9 Å². The number of carbonyl (C=O) groups excluding carboxylic acids is 1. The molecule has 30 heavy (non-hydrogen) atoms. The number of nitrogens with one attached hydrogen (secondary N) is 1. The van der Waals surface area contributed by atoms with Crippen LogP contribution in [0.1, 0.15) is 12.5 Å². The topological polar surface area (TPSA) is 118 Å². The average molecular weight is 420 g/mol. The number of nitro benzene ring substituents is 1. The third kappa shape index (κ3) is 5.06. The van der Waals surface area contributed by atoms with Crippen LogP contribution in [0.3, 0.4) is 0 Å². The standard InChI is InChI=1S/C21H16N4O4S/c1-2-29-18-9-3-14(4-10-18)11-16(12-22)20(26)24-21-23-19(13-30-21)15-5-7-17(8-6-15)25(27)28/h3-11,13H,2H2,1H3,(H,23,24,26)/b16-11+. The van der Waals surface area contributed by atoms with Gasteiger partial charge in [0.25, 0.3) is 11.6 Å². The van der Waals surface area contributed by atoms with Gasteiger partial charge in [-0.25, -0.2) is 4.98 Å². The first-order valence-electron chi connectivity index (χ1n) is 8.86. The molecule has 0 saturated heterocycles. The quantitative estimate of drug-likeness (QED) is 0.257. The number of amides is 1. The minimum atomic E-state index is -0.573. The number of nitriles is 1. The molecule has 1 N–H and O–H groups in total. The number of anilines is 1. The van der Waals surface area contributed by atoms with Gasteiger partial charge >= 0.3 is 0 Å². The highest BCUT2D eigenvalue weighted by molar-refractivity contribution is 7.14. The van der Waals surface area contributed by atoms with Gasteiger partial charge in [-0.2, -0.15) is 5.26 Å². The molecule has 1 heterocycles. The van der Waals surface area contributed by atoms with E-state index < -0.39 is 10.8 Å². The molecule has 0 saturated carbocycles. The van der Waals surface area contributed by atoms with E-state index >= 15 is 0 Å². The molecule has 0 radical (unpaired) electrons. The summed E-state index contributed by atoms with van der Waals surface area (Å²) in [5.41, 5.74) is 1.87. The predicted molar refractivity (Wildman–Crippen MR) is 114 cm³/mol. The molecular weight excluding hydrogens is 404 g/mol. The Morgan fingerprint density at radius 3 is 2.57 bits per heavy atom. The molecule has 0 spiro atoms. The van der Waals surface area contributed by atoms with Crippen LogP contribution in [0.4, 0.5) is 10.8 Å². The number of hydrogen-bond donors (Lipinski definition) is 1. The normalized spacial score (nSPS) is 10.9. The molecule has 150 valence electrons. The zero-order chi connectivity index (χ0) is 21.5. The summed E-state index contributed by atoms with van der Waals surface area (Å²) in [5, 5.41) is 24.8. The zero-order valence-electron chi connectivity index (χ0n) is 15.9. The number of aromatic nitrogens is 1. The Bertz CT molecular complexity index is 1130. The summed E-state index contributed by atoms with van der Waals surface area (Å²) in [5.74, 6) is 0.134. The Morgan fingerprint density at radius 1 is 1.27 bits per heavy atom. The van der Waals surface area contributed by atoms with Gasteiger partial charge in [-0.15, -0.1) is 11.3 Å². The Balaban J connectivity index is 1.71. The summed E-state index contributed by atoms with van der Waals surface area (Å²) in [4.78, 5) is 27.0. The van der Waals surface area contributed by atoms with Crippen molar-refractivity contribution < 1.29 is 14.5 Å². The second kappa shape index (κ2) is 9.45. The largest absolute Gasteiger partial charge is 0.494 e. The number of non-ortho nitro benzene ring substituents is 1. The summed E-state index contributed by atoms with van der Waals surface area (Å²) in [6.07, 6.45) is 1.48. The second-order valence-electron chi connectivity index (χ2n) is 5.97. The van der Waals surface area contributed by atoms with Gasteiger partial charge in [0.05, 0.1) is 17.2 Å². The summed E-state index contributed by atoms with van der Waals surface area (Å²) in [6.45, 7) is 2.44. The van der Waals surface area contributed by atoms with Gasteiger partial charge in [-0.05, 0) is 42.8 Å². The fraction of sp³-hybridized carbons (Fsp3) is 0.0952. The van der Waals surface area contributed by atoms with Gasteiger partial charge < -0.3 is 4.74 Å². The number of thiazole rings is 1. The van der Waals surface area contributed by atoms with Crippen LogP contribution in [0.2, 0.25) is 0 Å². The monoisotopic (exact) mass is 420 g/mol. The van der Waals surface area contributed by atoms with Gasteiger partial charge in [0, 0.05) is 23.1 Å². The fourth-order valence-electron chi connectivity index (χ4n) is 2.52. The van der Waals surface area contributed by atoms with Crippen LogP contribution in [-0.4, -0.2) is 22.4 Å². The number of hydrogen-bond acceptors (Lipinski definition) is 7. The number of nitrogens with zero attached hydrogens (tertiary/aromatic N) is 3. The maximum absolute atomic E-state index is 12.4. The molecule has 3 rings (SSSR count). The smallest absolute Gasteiger partial charge is 0.269 e. The molecule has 3 aromatic rings. The van der Waals surface area contributed by atoms with E-state index in [4.69, 9.17) is 4.74 Å². The van der Waals surface area contributed by atoms with Crippen LogP contribution in [0.5, 0.6) is 5.75 Å². The van der Waals surface area contributed by atoms with E-state index in [0.29, 0.717) is 34.3 Å². The summed E-state index contributed by atoms with van der Waals surface area (Å²) in [7, 11) is 0. The summed E-state index contributed by atoms with van der Waals surface area (Å²) in [6, 6.07) is 14.9. The molecule has 0 aliphatic carbocycles. The highest BCUT2D eigenvalue weighted by Crippen LogP contribution is 2.27. The lowest BCUT2D eigenvalue weighted by Gasteiger charge is -2.03. The first-order valence-corrected chi connectivity index (χ1v) is 9.74. The van der Waals surface area contributed by atoms with Gasteiger partial charge in [0.1, 0.15) is 17.4 Å². The van der Waals surface area contributed by atoms with E-state index in [1.165, 1.54) is 29.5 Å². The Labute approximate surface area is 176 Å². The van der Waals surface area contributed by atoms with Crippen LogP contribution in [0.25, 0.3) is 17.3 Å². The van der Waals surface area contributed by atoms with Gasteiger partial charge in [-0.1, -0.05) is 12.1 Å². The van der Waals surface area contributed by atoms with Crippen molar-refractivity contribution in [1.82, 2.24) is 4.98 Å². The molecule has 1 amide bonds. The van der Waals surface area contributed by atoms with Crippen molar-refractivity contribution >= 4 is 34.1 Å². The van der Waals surface area contributed by atoms with Crippen LogP contribution in [-0.2, 0) is 4.79 Å². The lowest BCUT2D eigenvalue weighted by Crippen LogP contribution is -2.13. The van der Waals surface area contributed by atoms with E-state index in [1.54, 1.807) is 41.8 Å². The first kappa shape index (κ1) is 20.7. The predicted octanol–water partition coefficient (Wildman–Crippen LogP) is 4.66. The van der Waals surface area contributed by atoms with Crippen LogP contribution >= 0.6 is 11.3 Å². The van der Waals surface area contributed by atoms with E-state index in [2.05, 4.69) is 10.3 Å². The van der Waals surface area contributed by atoms with Gasteiger partial charge in [-0.3, -0.25) is 20.2 Å². The van der Waals surface area contributed by atoms with E-state index in [-0.39, 0.29) is 11.3 Å². The molecule has 0 unspecified atom stereocenters. The highest BCUT2D eigenvalue weighted by atomic mass is 32.1. The Hall–Kier alpha value is -4.03. The third-order valence-electron chi connectivity index (χ3n) is 3.97. The lowest BCUT2D eigenvalue weighted by molar-refractivity contribution is -0.384. The number of nitro groups is 1. The molecular formula is C21H16N4O4S. The van der Waals surface area contributed by atoms with Crippen molar-refractivity contribution in [2.45, 2.75) is 6.92 Å². The van der Waals surface area contributed by atoms with Gasteiger partial charge in [0.2, 0.25) is 0 Å². The maximum atomic E-state index is 12.4. The summed E-state index contributed by atoms with van der Waals surface area (Å²) >= 11 is 1.19. The highest BCUT2D eigenvalue weighted by Gasteiger charge is 2.13. The molecule has 0 fully saturated rings. The summed E-state index contributed by atoms with van der Waals surface area (Å²) < 4.78 is 5.37. The van der Waals surface area contributed by atoms with Crippen molar-refractivity contribution in [3.8, 4) is 23.1 Å². The van der Waals surface area contributed by atoms with Crippen molar-refractivity contribution in [3.05, 3.63) is 75.2 Å². The SMILES string of the molecule is CCOc1ccc(/C=C(\C#N)C(=O)Nc2nc(-c3ccc([N+](=O)[O-])cc3)cs2)cc1. The molecule has 9 heteroatoms. The second-order valence-corrected chi connectivity index (χ2v) is 6.83. The average Bonchev–Trinajstić information content (AvgIpc) is 3.21. The Morgan fingerprint density at radius 2 is 1.97 bits per heavy atom. The number of ether oxygens (including phenoxy) is 1. The maximum Gasteiger partial charge on any atom is 0.269 e. The minimum Gasteiger partial charge on any atom is -0.494 e. The van der Waals surface area contributed by atoms with E-state index in [9.17, 15) is 20.2 Å². The van der Waals surface area contributed by atoms with Crippen molar-refractivity contribution in [1.29, 1.82) is 5.26 Å². The van der Waals surface area contributed by atoms with Crippen LogP contribution in [0, 0.1) is 21.4 Å². The van der Waals surface area contributed by atoms with Crippen LogP contribution < -0.4 is 10.1 Å². The van der Waals surface area contributed by atoms with Crippen molar-refractivity contribution in [2.24, 2.45) is 0 Å². The van der Waals surface area contributed by atoms with Crippen molar-refractivity contribution in [3.63, 3.8) is 0 Å². The number of carbonyl (C=O) groups is 1. The molecule has 0 atom stereocenters.